The monoisotopic (exact) mass is 275 g/mol. The predicted molar refractivity (Wildman–Crippen MR) is 76.2 cm³/mol. The molecule has 1 aliphatic carbocycles. The third-order valence-electron chi connectivity index (χ3n) is 3.89. The van der Waals surface area contributed by atoms with Crippen molar-refractivity contribution in [2.45, 2.75) is 44.6 Å². The second-order valence-corrected chi connectivity index (χ2v) is 5.39. The van der Waals surface area contributed by atoms with Crippen LogP contribution in [0.15, 0.2) is 30.3 Å². The van der Waals surface area contributed by atoms with Crippen molar-refractivity contribution in [1.29, 1.82) is 0 Å². The third-order valence-corrected chi connectivity index (χ3v) is 3.89. The summed E-state index contributed by atoms with van der Waals surface area (Å²) in [6, 6.07) is 9.38. The summed E-state index contributed by atoms with van der Waals surface area (Å²) in [6.07, 6.45) is 4.62. The van der Waals surface area contributed by atoms with Crippen molar-refractivity contribution in [3.8, 4) is 0 Å². The van der Waals surface area contributed by atoms with Crippen LogP contribution in [0.25, 0.3) is 0 Å². The van der Waals surface area contributed by atoms with Crippen LogP contribution in [0.2, 0.25) is 0 Å². The first kappa shape index (κ1) is 14.6. The van der Waals surface area contributed by atoms with Crippen molar-refractivity contribution in [3.05, 3.63) is 35.9 Å². The maximum absolute atomic E-state index is 12.2. The number of hydrogen-bond donors (Lipinski definition) is 2. The molecule has 0 spiro atoms. The summed E-state index contributed by atoms with van der Waals surface area (Å²) in [5.74, 6) is -0.658. The van der Waals surface area contributed by atoms with Crippen LogP contribution in [0, 0.1) is 5.92 Å². The van der Waals surface area contributed by atoms with Gasteiger partial charge in [0.2, 0.25) is 5.91 Å². The normalized spacial score (nSPS) is 16.8. The van der Waals surface area contributed by atoms with E-state index in [4.69, 9.17) is 5.11 Å². The Kier molecular flexibility index (Phi) is 5.16. The lowest BCUT2D eigenvalue weighted by atomic mass is 10.00. The molecular weight excluding hydrogens is 254 g/mol. The van der Waals surface area contributed by atoms with Gasteiger partial charge < -0.3 is 10.4 Å². The number of carbonyl (C=O) groups is 2. The number of nitrogens with one attached hydrogen (secondary N) is 1. The Morgan fingerprint density at radius 2 is 1.85 bits per heavy atom. The van der Waals surface area contributed by atoms with Gasteiger partial charge in [0.05, 0.1) is 6.04 Å². The van der Waals surface area contributed by atoms with Gasteiger partial charge in [-0.05, 0) is 24.8 Å². The van der Waals surface area contributed by atoms with Gasteiger partial charge in [0.1, 0.15) is 0 Å². The zero-order chi connectivity index (χ0) is 14.4. The van der Waals surface area contributed by atoms with Gasteiger partial charge in [-0.2, -0.15) is 0 Å². The molecule has 1 aromatic carbocycles. The summed E-state index contributed by atoms with van der Waals surface area (Å²) in [7, 11) is 0. The van der Waals surface area contributed by atoms with E-state index in [1.165, 1.54) is 0 Å². The molecule has 2 N–H and O–H groups in total. The molecule has 1 atom stereocenters. The highest BCUT2D eigenvalue weighted by Crippen LogP contribution is 2.26. The largest absolute Gasteiger partial charge is 0.481 e. The van der Waals surface area contributed by atoms with E-state index in [-0.39, 0.29) is 24.3 Å². The molecule has 1 fully saturated rings. The molecule has 0 heterocycles. The van der Waals surface area contributed by atoms with Gasteiger partial charge in [0.15, 0.2) is 0 Å². The first-order chi connectivity index (χ1) is 9.66. The number of aliphatic carboxylic acids is 1. The van der Waals surface area contributed by atoms with Gasteiger partial charge in [-0.3, -0.25) is 9.59 Å². The number of carbonyl (C=O) groups excluding carboxylic acids is 1. The molecule has 0 bridgehead atoms. The van der Waals surface area contributed by atoms with Crippen LogP contribution in [0.3, 0.4) is 0 Å². The van der Waals surface area contributed by atoms with Crippen molar-refractivity contribution < 1.29 is 14.7 Å². The van der Waals surface area contributed by atoms with Gasteiger partial charge in [-0.25, -0.2) is 0 Å². The number of amides is 1. The minimum atomic E-state index is -0.832. The Hall–Kier alpha value is -1.84. The van der Waals surface area contributed by atoms with Crippen LogP contribution in [0.5, 0.6) is 0 Å². The number of carboxylic acid groups (broad SMARTS) is 1. The van der Waals surface area contributed by atoms with Crippen LogP contribution >= 0.6 is 0 Å². The van der Waals surface area contributed by atoms with E-state index >= 15 is 0 Å². The summed E-state index contributed by atoms with van der Waals surface area (Å²) in [6.45, 7) is 0. The number of benzene rings is 1. The zero-order valence-corrected chi connectivity index (χ0v) is 11.5. The molecule has 4 heteroatoms. The molecule has 0 saturated heterocycles. The van der Waals surface area contributed by atoms with E-state index in [0.29, 0.717) is 6.42 Å². The SMILES string of the molecule is O=C(O)CCC(NC(=O)C1CCCC1)c1ccccc1. The number of carboxylic acids is 1. The summed E-state index contributed by atoms with van der Waals surface area (Å²) in [5.41, 5.74) is 0.972. The Labute approximate surface area is 119 Å². The molecule has 108 valence electrons. The second-order valence-electron chi connectivity index (χ2n) is 5.39. The maximum atomic E-state index is 12.2. The lowest BCUT2D eigenvalue weighted by molar-refractivity contribution is -0.137. The fourth-order valence-corrected chi connectivity index (χ4v) is 2.75. The summed E-state index contributed by atoms with van der Waals surface area (Å²) in [4.78, 5) is 23.0. The topological polar surface area (TPSA) is 66.4 Å². The highest BCUT2D eigenvalue weighted by molar-refractivity contribution is 5.79. The van der Waals surface area contributed by atoms with Gasteiger partial charge in [0.25, 0.3) is 0 Å². The fraction of sp³-hybridized carbons (Fsp3) is 0.500. The molecule has 20 heavy (non-hydrogen) atoms. The first-order valence-corrected chi connectivity index (χ1v) is 7.24. The molecule has 1 amide bonds. The minimum absolute atomic E-state index is 0.0600. The average molecular weight is 275 g/mol. The van der Waals surface area contributed by atoms with Gasteiger partial charge in [-0.1, -0.05) is 43.2 Å². The Balaban J connectivity index is 2.01. The smallest absolute Gasteiger partial charge is 0.303 e. The fourth-order valence-electron chi connectivity index (χ4n) is 2.75. The number of rotatable bonds is 6. The van der Waals surface area contributed by atoms with Crippen molar-refractivity contribution in [2.24, 2.45) is 5.92 Å². The van der Waals surface area contributed by atoms with Crippen LogP contribution in [0.1, 0.15) is 50.1 Å². The molecule has 1 aromatic rings. The lowest BCUT2D eigenvalue weighted by Crippen LogP contribution is -2.33. The molecule has 1 aliphatic rings. The average Bonchev–Trinajstić information content (AvgIpc) is 2.98. The van der Waals surface area contributed by atoms with Crippen molar-refractivity contribution in [1.82, 2.24) is 5.32 Å². The van der Waals surface area contributed by atoms with E-state index in [1.807, 2.05) is 30.3 Å². The van der Waals surface area contributed by atoms with Crippen molar-refractivity contribution >= 4 is 11.9 Å². The summed E-state index contributed by atoms with van der Waals surface area (Å²) in [5, 5.41) is 11.9. The second kappa shape index (κ2) is 7.08. The van der Waals surface area contributed by atoms with E-state index < -0.39 is 5.97 Å². The molecule has 0 aliphatic heterocycles. The van der Waals surface area contributed by atoms with E-state index in [9.17, 15) is 9.59 Å². The molecule has 1 saturated carbocycles. The molecule has 2 rings (SSSR count). The quantitative estimate of drug-likeness (QED) is 0.839. The maximum Gasteiger partial charge on any atom is 0.303 e. The Bertz CT molecular complexity index is 452. The lowest BCUT2D eigenvalue weighted by Gasteiger charge is -2.20. The number of hydrogen-bond acceptors (Lipinski definition) is 2. The summed E-state index contributed by atoms with van der Waals surface area (Å²) >= 11 is 0. The van der Waals surface area contributed by atoms with Crippen molar-refractivity contribution in [2.75, 3.05) is 0 Å². The molecule has 4 nitrogen and oxygen atoms in total. The highest BCUT2D eigenvalue weighted by Gasteiger charge is 2.25. The van der Waals surface area contributed by atoms with Crippen LogP contribution in [0.4, 0.5) is 0 Å². The Morgan fingerprint density at radius 3 is 2.45 bits per heavy atom. The van der Waals surface area contributed by atoms with Crippen molar-refractivity contribution in [3.63, 3.8) is 0 Å². The van der Waals surface area contributed by atoms with Gasteiger partial charge in [0, 0.05) is 12.3 Å². The standard InChI is InChI=1S/C16H21NO3/c18-15(19)11-10-14(12-6-2-1-3-7-12)17-16(20)13-8-4-5-9-13/h1-3,6-7,13-14H,4-5,8-11H2,(H,17,20)(H,18,19). The molecular formula is C16H21NO3. The molecule has 0 aromatic heterocycles. The van der Waals surface area contributed by atoms with E-state index in [2.05, 4.69) is 5.32 Å². The van der Waals surface area contributed by atoms with E-state index in [1.54, 1.807) is 0 Å². The Morgan fingerprint density at radius 1 is 1.20 bits per heavy atom. The first-order valence-electron chi connectivity index (χ1n) is 7.24. The van der Waals surface area contributed by atoms with Crippen LogP contribution in [-0.4, -0.2) is 17.0 Å². The molecule has 0 radical (unpaired) electrons. The highest BCUT2D eigenvalue weighted by atomic mass is 16.4. The third kappa shape index (κ3) is 4.08. The van der Waals surface area contributed by atoms with Gasteiger partial charge >= 0.3 is 5.97 Å². The zero-order valence-electron chi connectivity index (χ0n) is 11.5. The minimum Gasteiger partial charge on any atom is -0.481 e. The van der Waals surface area contributed by atoms with Crippen LogP contribution < -0.4 is 5.32 Å². The predicted octanol–water partition coefficient (Wildman–Crippen LogP) is 2.90. The van der Waals surface area contributed by atoms with Gasteiger partial charge in [-0.15, -0.1) is 0 Å². The van der Waals surface area contributed by atoms with Crippen LogP contribution in [-0.2, 0) is 9.59 Å². The summed E-state index contributed by atoms with van der Waals surface area (Å²) < 4.78 is 0. The molecule has 1 unspecified atom stereocenters. The van der Waals surface area contributed by atoms with E-state index in [0.717, 1.165) is 31.2 Å².